The first-order valence-electron chi connectivity index (χ1n) is 7.15. The molecule has 0 saturated carbocycles. The fraction of sp³-hybridized carbons (Fsp3) is 0.571. The summed E-state index contributed by atoms with van der Waals surface area (Å²) >= 11 is 0. The van der Waals surface area contributed by atoms with Gasteiger partial charge in [-0.2, -0.15) is 0 Å². The minimum Gasteiger partial charge on any atom is -0.354 e. The summed E-state index contributed by atoms with van der Waals surface area (Å²) in [7, 11) is 0. The number of rotatable bonds is 5. The summed E-state index contributed by atoms with van der Waals surface area (Å²) in [6, 6.07) is 1.62. The van der Waals surface area contributed by atoms with Crippen molar-refractivity contribution in [3.05, 3.63) is 18.0 Å². The van der Waals surface area contributed by atoms with Crippen LogP contribution in [0.4, 0.5) is 5.95 Å². The number of nitrogens with one attached hydrogen (secondary N) is 1. The summed E-state index contributed by atoms with van der Waals surface area (Å²) in [6.07, 6.45) is 2.41. The van der Waals surface area contributed by atoms with Crippen molar-refractivity contribution in [1.29, 1.82) is 0 Å². The van der Waals surface area contributed by atoms with Crippen LogP contribution in [-0.4, -0.2) is 64.8 Å². The van der Waals surface area contributed by atoms with Crippen LogP contribution >= 0.6 is 0 Å². The number of aromatic nitrogens is 2. The topological polar surface area (TPSA) is 78.4 Å². The van der Waals surface area contributed by atoms with E-state index in [9.17, 15) is 9.59 Å². The molecule has 21 heavy (non-hydrogen) atoms. The average Bonchev–Trinajstić information content (AvgIpc) is 2.52. The number of hydrogen-bond donors (Lipinski definition) is 1. The van der Waals surface area contributed by atoms with E-state index >= 15 is 0 Å². The van der Waals surface area contributed by atoms with Gasteiger partial charge in [-0.05, 0) is 12.0 Å². The maximum absolute atomic E-state index is 12.4. The van der Waals surface area contributed by atoms with Crippen LogP contribution in [0.25, 0.3) is 0 Å². The van der Waals surface area contributed by atoms with Gasteiger partial charge < -0.3 is 15.1 Å². The molecule has 1 aliphatic rings. The van der Waals surface area contributed by atoms with Gasteiger partial charge in [0.15, 0.2) is 0 Å². The largest absolute Gasteiger partial charge is 0.354 e. The highest BCUT2D eigenvalue weighted by Gasteiger charge is 2.22. The molecule has 0 unspecified atom stereocenters. The van der Waals surface area contributed by atoms with E-state index in [-0.39, 0.29) is 5.91 Å². The van der Waals surface area contributed by atoms with Crippen molar-refractivity contribution in [1.82, 2.24) is 19.8 Å². The van der Waals surface area contributed by atoms with E-state index in [2.05, 4.69) is 29.1 Å². The summed E-state index contributed by atoms with van der Waals surface area (Å²) in [6.45, 7) is 7.16. The van der Waals surface area contributed by atoms with Crippen molar-refractivity contribution in [3.63, 3.8) is 0 Å². The van der Waals surface area contributed by atoms with Crippen LogP contribution < -0.4 is 5.32 Å². The van der Waals surface area contributed by atoms with Gasteiger partial charge in [0.25, 0.3) is 5.91 Å². The Kier molecular flexibility index (Phi) is 5.08. The van der Waals surface area contributed by atoms with Crippen molar-refractivity contribution < 1.29 is 9.59 Å². The van der Waals surface area contributed by atoms with Gasteiger partial charge in [0, 0.05) is 38.9 Å². The third-order valence-electron chi connectivity index (χ3n) is 3.29. The van der Waals surface area contributed by atoms with Crippen LogP contribution in [0.1, 0.15) is 24.3 Å². The van der Waals surface area contributed by atoms with E-state index in [4.69, 9.17) is 0 Å². The maximum Gasteiger partial charge on any atom is 0.272 e. The molecule has 7 nitrogen and oxygen atoms in total. The lowest BCUT2D eigenvalue weighted by Gasteiger charge is -2.32. The van der Waals surface area contributed by atoms with Crippen molar-refractivity contribution in [2.24, 2.45) is 5.92 Å². The van der Waals surface area contributed by atoms with E-state index in [0.717, 1.165) is 13.0 Å². The molecule has 1 aromatic heterocycles. The lowest BCUT2D eigenvalue weighted by atomic mass is 10.2. The summed E-state index contributed by atoms with van der Waals surface area (Å²) in [5.74, 6) is 0.834. The molecule has 0 bridgehead atoms. The van der Waals surface area contributed by atoms with Crippen molar-refractivity contribution >= 4 is 18.3 Å². The molecule has 0 spiro atoms. The van der Waals surface area contributed by atoms with Gasteiger partial charge in [0.2, 0.25) is 12.4 Å². The van der Waals surface area contributed by atoms with Crippen LogP contribution in [0.5, 0.6) is 0 Å². The number of anilines is 1. The van der Waals surface area contributed by atoms with Gasteiger partial charge in [-0.1, -0.05) is 13.8 Å². The van der Waals surface area contributed by atoms with E-state index < -0.39 is 0 Å². The molecule has 1 fully saturated rings. The van der Waals surface area contributed by atoms with Crippen LogP contribution in [0, 0.1) is 5.92 Å². The zero-order valence-corrected chi connectivity index (χ0v) is 12.5. The fourth-order valence-corrected chi connectivity index (χ4v) is 2.05. The Hall–Kier alpha value is -2.18. The molecule has 1 saturated heterocycles. The zero-order valence-electron chi connectivity index (χ0n) is 12.5. The predicted molar refractivity (Wildman–Crippen MR) is 78.9 cm³/mol. The number of carbonyl (C=O) groups excluding carboxylic acids is 2. The number of hydrogen-bond acceptors (Lipinski definition) is 5. The molecular formula is C14H21N5O2. The lowest BCUT2D eigenvalue weighted by Crippen LogP contribution is -2.48. The highest BCUT2D eigenvalue weighted by atomic mass is 16.2. The van der Waals surface area contributed by atoms with Crippen molar-refractivity contribution in [3.8, 4) is 0 Å². The van der Waals surface area contributed by atoms with Crippen molar-refractivity contribution in [2.75, 3.05) is 38.0 Å². The highest BCUT2D eigenvalue weighted by molar-refractivity contribution is 5.92. The standard InChI is InChI=1S/C14H21N5O2/c1-11(2)9-16-14-15-4-3-12(17-14)13(21)19-7-5-18(10-20)6-8-19/h3-4,10-11H,5-9H2,1-2H3,(H,15,16,17). The number of nitrogens with zero attached hydrogens (tertiary/aromatic N) is 4. The Morgan fingerprint density at radius 3 is 2.71 bits per heavy atom. The number of piperazine rings is 1. The first-order valence-corrected chi connectivity index (χ1v) is 7.15. The van der Waals surface area contributed by atoms with E-state index in [1.807, 2.05) is 0 Å². The molecule has 114 valence electrons. The number of carbonyl (C=O) groups is 2. The summed E-state index contributed by atoms with van der Waals surface area (Å²) in [4.78, 5) is 34.8. The monoisotopic (exact) mass is 291 g/mol. The third-order valence-corrected chi connectivity index (χ3v) is 3.29. The Labute approximate surface area is 124 Å². The molecule has 1 N–H and O–H groups in total. The molecular weight excluding hydrogens is 270 g/mol. The molecule has 2 heterocycles. The van der Waals surface area contributed by atoms with E-state index in [1.165, 1.54) is 0 Å². The van der Waals surface area contributed by atoms with Gasteiger partial charge in [-0.3, -0.25) is 9.59 Å². The lowest BCUT2D eigenvalue weighted by molar-refractivity contribution is -0.119. The Balaban J connectivity index is 1.99. The van der Waals surface area contributed by atoms with Crippen molar-refractivity contribution in [2.45, 2.75) is 13.8 Å². The molecule has 1 aliphatic heterocycles. The average molecular weight is 291 g/mol. The smallest absolute Gasteiger partial charge is 0.272 e. The van der Waals surface area contributed by atoms with Crippen LogP contribution in [0.15, 0.2) is 12.3 Å². The normalized spacial score (nSPS) is 15.2. The molecule has 0 radical (unpaired) electrons. The highest BCUT2D eigenvalue weighted by Crippen LogP contribution is 2.08. The Morgan fingerprint density at radius 2 is 2.10 bits per heavy atom. The zero-order chi connectivity index (χ0) is 15.2. The van der Waals surface area contributed by atoms with E-state index in [0.29, 0.717) is 43.7 Å². The van der Waals surface area contributed by atoms with E-state index in [1.54, 1.807) is 22.1 Å². The predicted octanol–water partition coefficient (Wildman–Crippen LogP) is 0.459. The minimum atomic E-state index is -0.115. The second kappa shape index (κ2) is 7.01. The Morgan fingerprint density at radius 1 is 1.38 bits per heavy atom. The van der Waals surface area contributed by atoms with Crippen LogP contribution in [0.2, 0.25) is 0 Å². The van der Waals surface area contributed by atoms with Crippen LogP contribution in [0.3, 0.4) is 0 Å². The quantitative estimate of drug-likeness (QED) is 0.797. The molecule has 1 aromatic rings. The van der Waals surface area contributed by atoms with Gasteiger partial charge >= 0.3 is 0 Å². The van der Waals surface area contributed by atoms with Gasteiger partial charge in [-0.25, -0.2) is 9.97 Å². The van der Waals surface area contributed by atoms with Gasteiger partial charge in [0.05, 0.1) is 0 Å². The molecule has 0 aromatic carbocycles. The SMILES string of the molecule is CC(C)CNc1nccc(C(=O)N2CCN(C=O)CC2)n1. The molecule has 0 aliphatic carbocycles. The first kappa shape index (κ1) is 15.2. The maximum atomic E-state index is 12.4. The van der Waals surface area contributed by atoms with Gasteiger partial charge in [-0.15, -0.1) is 0 Å². The molecule has 0 atom stereocenters. The molecule has 2 rings (SSSR count). The second-order valence-corrected chi connectivity index (χ2v) is 5.47. The first-order chi connectivity index (χ1) is 10.1. The second-order valence-electron chi connectivity index (χ2n) is 5.47. The summed E-state index contributed by atoms with van der Waals surface area (Å²) in [5, 5.41) is 3.11. The fourth-order valence-electron chi connectivity index (χ4n) is 2.05. The molecule has 7 heteroatoms. The summed E-state index contributed by atoms with van der Waals surface area (Å²) < 4.78 is 0. The summed E-state index contributed by atoms with van der Waals surface area (Å²) in [5.41, 5.74) is 0.385. The van der Waals surface area contributed by atoms with Gasteiger partial charge in [0.1, 0.15) is 5.69 Å². The molecule has 2 amide bonds. The van der Waals surface area contributed by atoms with Crippen LogP contribution in [-0.2, 0) is 4.79 Å². The minimum absolute atomic E-state index is 0.115. The Bertz CT molecular complexity index is 498. The third kappa shape index (κ3) is 4.14. The number of amides is 2.